The van der Waals surface area contributed by atoms with Gasteiger partial charge in [0.15, 0.2) is 0 Å². The fourth-order valence-corrected chi connectivity index (χ4v) is 4.86. The van der Waals surface area contributed by atoms with Crippen LogP contribution in [0.1, 0.15) is 35.2 Å². The van der Waals surface area contributed by atoms with Gasteiger partial charge >= 0.3 is 0 Å². The van der Waals surface area contributed by atoms with Crippen molar-refractivity contribution >= 4 is 21.5 Å². The van der Waals surface area contributed by atoms with Crippen molar-refractivity contribution in [3.63, 3.8) is 0 Å². The van der Waals surface area contributed by atoms with Crippen LogP contribution in [-0.2, 0) is 10.0 Å². The average molecular weight is 396 g/mol. The van der Waals surface area contributed by atoms with Crippen molar-refractivity contribution in [2.45, 2.75) is 38.6 Å². The Morgan fingerprint density at radius 3 is 2.14 bits per heavy atom. The fraction of sp³-hybridized carbons (Fsp3) is 0.227. The van der Waals surface area contributed by atoms with E-state index in [2.05, 4.69) is 34.1 Å². The highest BCUT2D eigenvalue weighted by molar-refractivity contribution is 7.92. The van der Waals surface area contributed by atoms with Crippen LogP contribution in [-0.4, -0.2) is 13.4 Å². The maximum atomic E-state index is 12.8. The van der Waals surface area contributed by atoms with Gasteiger partial charge in [0.25, 0.3) is 10.0 Å². The molecule has 0 aliphatic rings. The van der Waals surface area contributed by atoms with Crippen molar-refractivity contribution in [1.82, 2.24) is 4.98 Å². The molecule has 6 heteroatoms. The SMILES string of the molecule is Cc1cc(C)c(S(=O)(=O)Nc2ccc(NC(C)c3ccccc3)cn2)c(C)c1. The third-order valence-corrected chi connectivity index (χ3v) is 6.22. The molecule has 1 aromatic heterocycles. The van der Waals surface area contributed by atoms with Crippen molar-refractivity contribution in [2.75, 3.05) is 10.0 Å². The molecule has 0 amide bonds. The van der Waals surface area contributed by atoms with Crippen molar-refractivity contribution < 1.29 is 8.42 Å². The van der Waals surface area contributed by atoms with Gasteiger partial charge in [-0.3, -0.25) is 4.72 Å². The van der Waals surface area contributed by atoms with E-state index >= 15 is 0 Å². The third kappa shape index (κ3) is 4.51. The van der Waals surface area contributed by atoms with Gasteiger partial charge in [-0.2, -0.15) is 0 Å². The first kappa shape index (κ1) is 19.9. The maximum Gasteiger partial charge on any atom is 0.263 e. The van der Waals surface area contributed by atoms with Crippen LogP contribution in [0.15, 0.2) is 65.7 Å². The van der Waals surface area contributed by atoms with Crippen LogP contribution in [0, 0.1) is 20.8 Å². The molecule has 0 saturated heterocycles. The monoisotopic (exact) mass is 395 g/mol. The van der Waals surface area contributed by atoms with Gasteiger partial charge in [-0.05, 0) is 56.5 Å². The molecule has 0 aliphatic carbocycles. The van der Waals surface area contributed by atoms with Crippen LogP contribution in [0.3, 0.4) is 0 Å². The molecule has 0 bridgehead atoms. The molecule has 1 unspecified atom stereocenters. The molecule has 1 atom stereocenters. The largest absolute Gasteiger partial charge is 0.377 e. The van der Waals surface area contributed by atoms with E-state index in [1.54, 1.807) is 26.1 Å². The van der Waals surface area contributed by atoms with Crippen molar-refractivity contribution in [3.8, 4) is 0 Å². The van der Waals surface area contributed by atoms with Crippen LogP contribution < -0.4 is 10.0 Å². The van der Waals surface area contributed by atoms with Crippen LogP contribution in [0.5, 0.6) is 0 Å². The molecule has 0 radical (unpaired) electrons. The number of anilines is 2. The van der Waals surface area contributed by atoms with E-state index in [0.29, 0.717) is 4.90 Å². The third-order valence-electron chi connectivity index (χ3n) is 4.56. The van der Waals surface area contributed by atoms with E-state index in [0.717, 1.165) is 27.9 Å². The van der Waals surface area contributed by atoms with Gasteiger partial charge in [-0.1, -0.05) is 48.0 Å². The summed E-state index contributed by atoms with van der Waals surface area (Å²) in [5.41, 5.74) is 4.47. The Morgan fingerprint density at radius 2 is 1.57 bits per heavy atom. The summed E-state index contributed by atoms with van der Waals surface area (Å²) in [6.07, 6.45) is 1.63. The molecule has 2 N–H and O–H groups in total. The number of aromatic nitrogens is 1. The molecule has 3 aromatic rings. The second kappa shape index (κ2) is 8.02. The molecule has 0 saturated carbocycles. The summed E-state index contributed by atoms with van der Waals surface area (Å²) in [6, 6.07) is 17.4. The minimum absolute atomic E-state index is 0.114. The quantitative estimate of drug-likeness (QED) is 0.617. The van der Waals surface area contributed by atoms with Crippen LogP contribution in [0.25, 0.3) is 0 Å². The highest BCUT2D eigenvalue weighted by Crippen LogP contribution is 2.25. The van der Waals surface area contributed by atoms with E-state index < -0.39 is 10.0 Å². The molecular formula is C22H25N3O2S. The molecule has 0 aliphatic heterocycles. The second-order valence-electron chi connectivity index (χ2n) is 7.04. The van der Waals surface area contributed by atoms with Crippen LogP contribution in [0.4, 0.5) is 11.5 Å². The number of rotatable bonds is 6. The lowest BCUT2D eigenvalue weighted by Crippen LogP contribution is -2.17. The van der Waals surface area contributed by atoms with E-state index in [-0.39, 0.29) is 11.9 Å². The summed E-state index contributed by atoms with van der Waals surface area (Å²) in [5.74, 6) is 0.289. The predicted octanol–water partition coefficient (Wildman–Crippen LogP) is 4.98. The zero-order chi connectivity index (χ0) is 20.3. The van der Waals surface area contributed by atoms with Gasteiger partial charge in [0.1, 0.15) is 5.82 Å². The molecule has 3 rings (SSSR count). The number of benzene rings is 2. The minimum Gasteiger partial charge on any atom is -0.377 e. The van der Waals surface area contributed by atoms with Crippen molar-refractivity contribution in [2.24, 2.45) is 0 Å². The molecule has 5 nitrogen and oxygen atoms in total. The number of pyridine rings is 1. The smallest absolute Gasteiger partial charge is 0.263 e. The summed E-state index contributed by atoms with van der Waals surface area (Å²) < 4.78 is 28.3. The van der Waals surface area contributed by atoms with Gasteiger partial charge in [0.2, 0.25) is 0 Å². The topological polar surface area (TPSA) is 71.1 Å². The van der Waals surface area contributed by atoms with Gasteiger partial charge in [0, 0.05) is 6.04 Å². The number of nitrogens with zero attached hydrogens (tertiary/aromatic N) is 1. The van der Waals surface area contributed by atoms with Gasteiger partial charge in [-0.15, -0.1) is 0 Å². The minimum atomic E-state index is -3.70. The Labute approximate surface area is 166 Å². The molecule has 1 heterocycles. The Hall–Kier alpha value is -2.86. The highest BCUT2D eigenvalue weighted by Gasteiger charge is 2.20. The zero-order valence-corrected chi connectivity index (χ0v) is 17.3. The number of sulfonamides is 1. The van der Waals surface area contributed by atoms with Crippen molar-refractivity contribution in [3.05, 3.63) is 83.0 Å². The van der Waals surface area contributed by atoms with Crippen molar-refractivity contribution in [1.29, 1.82) is 0 Å². The average Bonchev–Trinajstić information content (AvgIpc) is 2.62. The Morgan fingerprint density at radius 1 is 0.929 bits per heavy atom. The Kier molecular flexibility index (Phi) is 5.70. The Balaban J connectivity index is 1.75. The van der Waals surface area contributed by atoms with E-state index in [9.17, 15) is 8.42 Å². The van der Waals surface area contributed by atoms with Gasteiger partial charge in [0.05, 0.1) is 16.8 Å². The molecule has 0 fully saturated rings. The summed E-state index contributed by atoms with van der Waals surface area (Å²) in [6.45, 7) is 7.63. The first-order valence-corrected chi connectivity index (χ1v) is 10.6. The second-order valence-corrected chi connectivity index (χ2v) is 8.66. The van der Waals surface area contributed by atoms with E-state index in [4.69, 9.17) is 0 Å². The summed E-state index contributed by atoms with van der Waals surface area (Å²) in [4.78, 5) is 4.57. The number of hydrogen-bond acceptors (Lipinski definition) is 4. The fourth-order valence-electron chi connectivity index (χ4n) is 3.39. The van der Waals surface area contributed by atoms with Crippen LogP contribution >= 0.6 is 0 Å². The number of aryl methyl sites for hydroxylation is 3. The van der Waals surface area contributed by atoms with Gasteiger partial charge < -0.3 is 5.32 Å². The predicted molar refractivity (Wildman–Crippen MR) is 114 cm³/mol. The lowest BCUT2D eigenvalue weighted by atomic mass is 10.1. The number of nitrogens with one attached hydrogen (secondary N) is 2. The first-order valence-electron chi connectivity index (χ1n) is 9.14. The molecule has 2 aromatic carbocycles. The molecule has 0 spiro atoms. The molecule has 28 heavy (non-hydrogen) atoms. The first-order chi connectivity index (χ1) is 13.3. The van der Waals surface area contributed by atoms with Gasteiger partial charge in [-0.25, -0.2) is 13.4 Å². The van der Waals surface area contributed by atoms with E-state index in [1.807, 2.05) is 43.3 Å². The molecule has 146 valence electrons. The van der Waals surface area contributed by atoms with E-state index in [1.165, 1.54) is 0 Å². The standard InChI is InChI=1S/C22H25N3O2S/c1-15-12-16(2)22(17(3)13-15)28(26,27)25-21-11-10-20(14-23-21)24-18(4)19-8-6-5-7-9-19/h5-14,18,24H,1-4H3,(H,23,25). The maximum absolute atomic E-state index is 12.8. The molecular weight excluding hydrogens is 370 g/mol. The number of hydrogen-bond donors (Lipinski definition) is 2. The summed E-state index contributed by atoms with van der Waals surface area (Å²) >= 11 is 0. The highest BCUT2D eigenvalue weighted by atomic mass is 32.2. The summed E-state index contributed by atoms with van der Waals surface area (Å²) in [7, 11) is -3.70. The summed E-state index contributed by atoms with van der Waals surface area (Å²) in [5, 5.41) is 3.36. The lowest BCUT2D eigenvalue weighted by Gasteiger charge is -2.16. The zero-order valence-electron chi connectivity index (χ0n) is 16.5. The normalized spacial score (nSPS) is 12.4. The Bertz CT molecular complexity index is 1040. The lowest BCUT2D eigenvalue weighted by molar-refractivity contribution is 0.600. The van der Waals surface area contributed by atoms with Crippen LogP contribution in [0.2, 0.25) is 0 Å².